The van der Waals surface area contributed by atoms with Crippen molar-refractivity contribution in [2.24, 2.45) is 11.7 Å². The van der Waals surface area contributed by atoms with Gasteiger partial charge in [-0.25, -0.2) is 9.37 Å². The first-order valence-corrected chi connectivity index (χ1v) is 28.2. The average Bonchev–Trinajstić information content (AvgIpc) is 3.62. The van der Waals surface area contributed by atoms with Gasteiger partial charge < -0.3 is 61.5 Å². The Balaban J connectivity index is 0.000000244. The van der Waals surface area contributed by atoms with Crippen LogP contribution in [0.4, 0.5) is 4.39 Å². The van der Waals surface area contributed by atoms with Gasteiger partial charge in [-0.2, -0.15) is 0 Å². The predicted octanol–water partition coefficient (Wildman–Crippen LogP) is 4.68. The lowest BCUT2D eigenvalue weighted by Gasteiger charge is -2.32. The average molecular weight is 1140 g/mol. The number of benzene rings is 2. The van der Waals surface area contributed by atoms with Crippen LogP contribution >= 0.6 is 0 Å². The summed E-state index contributed by atoms with van der Waals surface area (Å²) in [6.45, 7) is 15.4. The van der Waals surface area contributed by atoms with Crippen LogP contribution in [0.2, 0.25) is 0 Å². The number of amides is 7. The minimum Gasteiger partial charge on any atom is -0.490 e. The number of primary amides is 1. The second-order valence-electron chi connectivity index (χ2n) is 20.6. The van der Waals surface area contributed by atoms with Gasteiger partial charge in [0.25, 0.3) is 5.56 Å². The maximum atomic E-state index is 14.6. The van der Waals surface area contributed by atoms with E-state index in [2.05, 4.69) is 40.4 Å². The molecule has 0 saturated heterocycles. The summed E-state index contributed by atoms with van der Waals surface area (Å²) in [5.41, 5.74) is 14.1. The number of nitrogens with zero attached hydrogens (tertiary/aromatic N) is 3. The van der Waals surface area contributed by atoms with Crippen LogP contribution in [-0.4, -0.2) is 119 Å². The van der Waals surface area contributed by atoms with Gasteiger partial charge in [-0.3, -0.25) is 38.4 Å². The number of halogens is 1. The first kappa shape index (κ1) is 66.9. The second kappa shape index (κ2) is 34.7. The Labute approximate surface area is 479 Å². The quantitative estimate of drug-likeness (QED) is 0.0251. The summed E-state index contributed by atoms with van der Waals surface area (Å²) >= 11 is 0. The highest BCUT2D eigenvalue weighted by molar-refractivity contribution is 5.92. The molecule has 22 heteroatoms. The summed E-state index contributed by atoms with van der Waals surface area (Å²) in [4.78, 5) is 93.6. The van der Waals surface area contributed by atoms with E-state index in [1.165, 1.54) is 34.9 Å². The van der Waals surface area contributed by atoms with E-state index in [1.54, 1.807) is 4.57 Å². The Morgan fingerprint density at radius 2 is 1.59 bits per heavy atom. The molecule has 0 spiro atoms. The van der Waals surface area contributed by atoms with E-state index in [1.807, 2.05) is 71.0 Å². The zero-order valence-corrected chi connectivity index (χ0v) is 48.5. The van der Waals surface area contributed by atoms with Crippen molar-refractivity contribution >= 4 is 53.8 Å². The lowest BCUT2D eigenvalue weighted by molar-refractivity contribution is -0.133. The predicted molar refractivity (Wildman–Crippen MR) is 309 cm³/mol. The number of aliphatic hydroxyl groups excluding tert-OH is 2. The van der Waals surface area contributed by atoms with Crippen molar-refractivity contribution in [3.8, 4) is 11.4 Å². The largest absolute Gasteiger partial charge is 0.490 e. The first-order chi connectivity index (χ1) is 39.4. The number of carbonyl (C=O) groups is 7. The zero-order chi connectivity index (χ0) is 60.3. The van der Waals surface area contributed by atoms with Gasteiger partial charge in [0, 0.05) is 54.0 Å². The van der Waals surface area contributed by atoms with Crippen LogP contribution in [0.1, 0.15) is 144 Å². The molecule has 2 aromatic carbocycles. The van der Waals surface area contributed by atoms with E-state index in [0.29, 0.717) is 91.8 Å². The molecule has 2 aromatic heterocycles. The minimum absolute atomic E-state index is 0.0168. The number of nitrogens with one attached hydrogen (secondary N) is 5. The number of aryl methyl sites for hydroxylation is 2. The molecule has 82 heavy (non-hydrogen) atoms. The van der Waals surface area contributed by atoms with Gasteiger partial charge in [-0.1, -0.05) is 63.4 Å². The van der Waals surface area contributed by atoms with Crippen molar-refractivity contribution < 1.29 is 57.6 Å². The van der Waals surface area contributed by atoms with Gasteiger partial charge >= 0.3 is 0 Å². The number of hydrogen-bond acceptors (Lipinski definition) is 13. The monoisotopic (exact) mass is 1140 g/mol. The molecule has 21 nitrogen and oxygen atoms in total. The van der Waals surface area contributed by atoms with Crippen molar-refractivity contribution in [1.82, 2.24) is 41.0 Å². The molecule has 7 amide bonds. The number of hydrogen-bond donors (Lipinski definition) is 8. The Hall–Kier alpha value is -7.56. The third-order valence-electron chi connectivity index (χ3n) is 14.2. The van der Waals surface area contributed by atoms with Crippen LogP contribution in [0.5, 0.6) is 0 Å². The van der Waals surface area contributed by atoms with E-state index in [9.17, 15) is 47.9 Å². The maximum absolute atomic E-state index is 14.6. The summed E-state index contributed by atoms with van der Waals surface area (Å²) in [6, 6.07) is 13.4. The van der Waals surface area contributed by atoms with Gasteiger partial charge in [0.2, 0.25) is 42.9 Å². The number of unbranched alkanes of at least 4 members (excludes halogenated alkanes) is 3. The summed E-state index contributed by atoms with van der Waals surface area (Å²) < 4.78 is 27.3. The van der Waals surface area contributed by atoms with E-state index in [4.69, 9.17) is 25.3 Å². The number of nitrogens with two attached hydrogens (primary N) is 1. The van der Waals surface area contributed by atoms with Gasteiger partial charge in [0.15, 0.2) is 0 Å². The Kier molecular flexibility index (Phi) is 28.3. The van der Waals surface area contributed by atoms with Crippen LogP contribution in [0.25, 0.3) is 22.3 Å². The van der Waals surface area contributed by atoms with E-state index in [-0.39, 0.29) is 86.2 Å². The van der Waals surface area contributed by atoms with Crippen molar-refractivity contribution in [2.45, 2.75) is 157 Å². The molecule has 2 atom stereocenters. The summed E-state index contributed by atoms with van der Waals surface area (Å²) in [5, 5.41) is 33.1. The summed E-state index contributed by atoms with van der Waals surface area (Å²) in [7, 11) is 0. The Bertz CT molecular complexity index is 2890. The third kappa shape index (κ3) is 19.6. The molecule has 1 fully saturated rings. The molecular weight excluding hydrogens is 1060 g/mol. The number of ether oxygens (including phenoxy) is 2. The molecule has 2 unspecified atom stereocenters. The summed E-state index contributed by atoms with van der Waals surface area (Å²) in [5.74, 6) is -0.556. The van der Waals surface area contributed by atoms with Crippen molar-refractivity contribution in [2.75, 3.05) is 39.6 Å². The molecule has 2 aliphatic carbocycles. The molecule has 9 N–H and O–H groups in total. The molecule has 2 aliphatic heterocycles. The standard InChI is InChI=1S/C25H23FN2O3.C12H16N2O2.C10H20N2O3.C9H15N3O4.C4H10/c1-11(2)24-23(29)15-7-20-22-16(9-28(20)25(30)17(15)10-31-24)14-6-4-5-13-12(3)18(26)8-19(27-22)21(13)14;1-10(14-12(16)8-13-9-15)7-11-5-3-2-4-6-11;1-2-11-10(15)6-4-3-5-7-12(8-13)9-14;10-9(15)6-1-7(2-6)16-5-12-8(14)3-11-4-13;1-3-4-2/h7-8,23,29H,4-6,9-10H2,1-3H3;2-6,9-10H,7-8H2,1H3,(H,13,15)(H,14,16);8,14H,2-7,9H2,1H3,(H,11,15);4,6-7H,1-3,5H2,(H2,10,15)(H,11,13)(H,12,14);3-4H2,1-2H3. The normalized spacial score (nSPS) is 15.9. The maximum Gasteiger partial charge on any atom is 0.258 e. The van der Waals surface area contributed by atoms with Crippen molar-refractivity contribution in [3.63, 3.8) is 0 Å². The Morgan fingerprint density at radius 3 is 2.20 bits per heavy atom. The lowest BCUT2D eigenvalue weighted by atomic mass is 9.82. The van der Waals surface area contributed by atoms with Gasteiger partial charge in [0.1, 0.15) is 37.7 Å². The van der Waals surface area contributed by atoms with E-state index in [0.717, 1.165) is 72.7 Å². The highest BCUT2D eigenvalue weighted by atomic mass is 19.1. The molecule has 0 radical (unpaired) electrons. The third-order valence-corrected chi connectivity index (χ3v) is 14.2. The van der Waals surface area contributed by atoms with Crippen LogP contribution in [0.3, 0.4) is 0 Å². The number of aromatic nitrogens is 2. The minimum atomic E-state index is -0.970. The fourth-order valence-electron chi connectivity index (χ4n) is 9.57. The fraction of sp³-hybridized carbons (Fsp3) is 0.517. The molecular formula is C60H84FN9O12. The molecule has 0 bridgehead atoms. The topological polar surface area (TPSA) is 303 Å². The van der Waals surface area contributed by atoms with Gasteiger partial charge in [-0.05, 0) is 120 Å². The van der Waals surface area contributed by atoms with Crippen LogP contribution in [0, 0.1) is 18.7 Å². The second-order valence-corrected chi connectivity index (χ2v) is 20.6. The van der Waals surface area contributed by atoms with E-state index >= 15 is 0 Å². The first-order valence-electron chi connectivity index (χ1n) is 28.2. The molecule has 4 aliphatic rings. The lowest BCUT2D eigenvalue weighted by Crippen LogP contribution is -2.42. The zero-order valence-electron chi connectivity index (χ0n) is 48.5. The number of rotatable bonds is 23. The van der Waals surface area contributed by atoms with Crippen molar-refractivity contribution in [3.05, 3.63) is 109 Å². The van der Waals surface area contributed by atoms with Gasteiger partial charge in [-0.15, -0.1) is 0 Å². The smallest absolute Gasteiger partial charge is 0.258 e. The number of allylic oxidation sites excluding steroid dienone is 1. The molecule has 4 heterocycles. The molecule has 448 valence electrons. The molecule has 4 aromatic rings. The Morgan fingerprint density at radius 1 is 0.915 bits per heavy atom. The van der Waals surface area contributed by atoms with Crippen LogP contribution < -0.4 is 37.9 Å². The number of pyridine rings is 2. The van der Waals surface area contributed by atoms with Crippen LogP contribution in [-0.2, 0) is 75.4 Å². The number of fused-ring (bicyclic) bond motifs is 5. The van der Waals surface area contributed by atoms with Gasteiger partial charge in [0.05, 0.1) is 48.2 Å². The van der Waals surface area contributed by atoms with Crippen molar-refractivity contribution in [1.29, 1.82) is 0 Å². The highest BCUT2D eigenvalue weighted by Gasteiger charge is 2.35. The number of aliphatic hydroxyl groups is 2. The SMILES string of the molecule is CC(C)=C1OCc2c(cc3n(c2=O)Cc2c-3nc3cc(F)c(C)c4c3c2CCC4)C1O.CC(Cc1ccccc1)NC(=O)CNC=O.CCCC.CCNC(=O)CCCCCN(C=O)CO.NC(=O)C1CC(OCNC(=O)CNC=O)C1. The highest BCUT2D eigenvalue weighted by Crippen LogP contribution is 2.43. The molecule has 1 saturated carbocycles. The van der Waals surface area contributed by atoms with E-state index < -0.39 is 6.10 Å². The fourth-order valence-corrected chi connectivity index (χ4v) is 9.57. The van der Waals surface area contributed by atoms with Crippen LogP contribution in [0.15, 0.2) is 58.6 Å². The molecule has 8 rings (SSSR count). The number of carbonyl (C=O) groups excluding carboxylic acids is 7. The summed E-state index contributed by atoms with van der Waals surface area (Å²) in [6.07, 6.45) is 11.0.